The number of carbonyl (C=O) groups excluding carboxylic acids is 1. The molecule has 1 atom stereocenters. The number of para-hydroxylation sites is 1. The summed E-state index contributed by atoms with van der Waals surface area (Å²) in [4.78, 5) is 22.8. The van der Waals surface area contributed by atoms with Crippen LogP contribution in [0.4, 0.5) is 5.69 Å². The number of aryl methyl sites for hydroxylation is 2. The molecular formula is C18H20N2O3. The summed E-state index contributed by atoms with van der Waals surface area (Å²) >= 11 is 0. The van der Waals surface area contributed by atoms with Crippen LogP contribution >= 0.6 is 0 Å². The van der Waals surface area contributed by atoms with Gasteiger partial charge in [-0.1, -0.05) is 42.0 Å². The summed E-state index contributed by atoms with van der Waals surface area (Å²) in [5.41, 5.74) is 3.73. The number of nitrogens with zero attached hydrogens (tertiary/aromatic N) is 1. The topological polar surface area (TPSA) is 72.2 Å². The number of hydrogen-bond acceptors (Lipinski definition) is 3. The molecule has 120 valence electrons. The van der Waals surface area contributed by atoms with Crippen LogP contribution in [-0.2, 0) is 11.2 Å². The predicted octanol–water partition coefficient (Wildman–Crippen LogP) is 3.63. The lowest BCUT2D eigenvalue weighted by Gasteiger charge is -2.17. The summed E-state index contributed by atoms with van der Waals surface area (Å²) < 4.78 is 0. The highest BCUT2D eigenvalue weighted by atomic mass is 16.6. The summed E-state index contributed by atoms with van der Waals surface area (Å²) in [6, 6.07) is 12.2. The number of nitro benzene ring substituents is 1. The summed E-state index contributed by atoms with van der Waals surface area (Å²) in [7, 11) is 0. The first-order valence-electron chi connectivity index (χ1n) is 7.47. The van der Waals surface area contributed by atoms with Gasteiger partial charge in [0, 0.05) is 11.6 Å². The number of nitrogens with one attached hydrogen (secondary N) is 1. The third kappa shape index (κ3) is 4.16. The smallest absolute Gasteiger partial charge is 0.273 e. The van der Waals surface area contributed by atoms with E-state index in [0.29, 0.717) is 5.56 Å². The lowest BCUT2D eigenvalue weighted by atomic mass is 10.00. The van der Waals surface area contributed by atoms with Gasteiger partial charge >= 0.3 is 0 Å². The van der Waals surface area contributed by atoms with Gasteiger partial charge < -0.3 is 5.32 Å². The molecule has 1 N–H and O–H groups in total. The second kappa shape index (κ2) is 7.05. The standard InChI is InChI=1S/C18H20N2O3/c1-12-8-9-16(13(2)10-12)14(3)19-18(21)11-15-6-4-5-7-17(15)20(22)23/h4-10,14H,11H2,1-3H3,(H,19,21)/t14-/m0/s1. The Labute approximate surface area is 135 Å². The molecule has 23 heavy (non-hydrogen) atoms. The zero-order valence-corrected chi connectivity index (χ0v) is 13.5. The molecular weight excluding hydrogens is 292 g/mol. The van der Waals surface area contributed by atoms with Crippen molar-refractivity contribution in [2.75, 3.05) is 0 Å². The SMILES string of the molecule is Cc1ccc([C@H](C)NC(=O)Cc2ccccc2[N+](=O)[O-])c(C)c1. The maximum absolute atomic E-state index is 12.2. The summed E-state index contributed by atoms with van der Waals surface area (Å²) in [5.74, 6) is -0.230. The van der Waals surface area contributed by atoms with Gasteiger partial charge in [-0.2, -0.15) is 0 Å². The summed E-state index contributed by atoms with van der Waals surface area (Å²) in [6.45, 7) is 5.94. The number of nitro groups is 1. The Morgan fingerprint density at radius 3 is 2.57 bits per heavy atom. The number of hydrogen-bond donors (Lipinski definition) is 1. The molecule has 0 heterocycles. The van der Waals surface area contributed by atoms with Crippen molar-refractivity contribution in [1.82, 2.24) is 5.32 Å². The van der Waals surface area contributed by atoms with E-state index in [1.165, 1.54) is 11.6 Å². The highest BCUT2D eigenvalue weighted by Crippen LogP contribution is 2.20. The molecule has 0 saturated carbocycles. The maximum atomic E-state index is 12.2. The van der Waals surface area contributed by atoms with Gasteiger partial charge in [-0.25, -0.2) is 0 Å². The van der Waals surface area contributed by atoms with Gasteiger partial charge in [0.15, 0.2) is 0 Å². The van der Waals surface area contributed by atoms with Gasteiger partial charge in [0.25, 0.3) is 5.69 Å². The summed E-state index contributed by atoms with van der Waals surface area (Å²) in [5, 5.41) is 13.9. The molecule has 0 bridgehead atoms. The van der Waals surface area contributed by atoms with E-state index >= 15 is 0 Å². The van der Waals surface area contributed by atoms with E-state index in [9.17, 15) is 14.9 Å². The largest absolute Gasteiger partial charge is 0.349 e. The number of carbonyl (C=O) groups is 1. The maximum Gasteiger partial charge on any atom is 0.273 e. The lowest BCUT2D eigenvalue weighted by Crippen LogP contribution is -2.28. The van der Waals surface area contributed by atoms with Crippen molar-refractivity contribution in [2.45, 2.75) is 33.2 Å². The van der Waals surface area contributed by atoms with E-state index in [-0.39, 0.29) is 24.1 Å². The van der Waals surface area contributed by atoms with Crippen molar-refractivity contribution in [2.24, 2.45) is 0 Å². The van der Waals surface area contributed by atoms with Crippen LogP contribution in [0.15, 0.2) is 42.5 Å². The molecule has 0 aliphatic heterocycles. The highest BCUT2D eigenvalue weighted by molar-refractivity contribution is 5.80. The van der Waals surface area contributed by atoms with E-state index < -0.39 is 4.92 Å². The Morgan fingerprint density at radius 2 is 1.91 bits per heavy atom. The first-order chi connectivity index (χ1) is 10.9. The molecule has 2 aromatic carbocycles. The zero-order chi connectivity index (χ0) is 17.0. The first-order valence-corrected chi connectivity index (χ1v) is 7.47. The Bertz CT molecular complexity index is 741. The molecule has 2 aromatic rings. The van der Waals surface area contributed by atoms with Crippen molar-refractivity contribution in [3.63, 3.8) is 0 Å². The molecule has 2 rings (SSSR count). The quantitative estimate of drug-likeness (QED) is 0.677. The average Bonchev–Trinajstić information content (AvgIpc) is 2.47. The third-order valence-electron chi connectivity index (χ3n) is 3.81. The number of benzene rings is 2. The van der Waals surface area contributed by atoms with Crippen LogP contribution in [0.5, 0.6) is 0 Å². The third-order valence-corrected chi connectivity index (χ3v) is 3.81. The zero-order valence-electron chi connectivity index (χ0n) is 13.5. The molecule has 0 radical (unpaired) electrons. The molecule has 1 amide bonds. The Kier molecular flexibility index (Phi) is 5.11. The predicted molar refractivity (Wildman–Crippen MR) is 89.3 cm³/mol. The molecule has 0 saturated heterocycles. The summed E-state index contributed by atoms with van der Waals surface area (Å²) in [6.07, 6.45) is -0.00754. The van der Waals surface area contributed by atoms with Crippen molar-refractivity contribution in [1.29, 1.82) is 0 Å². The average molecular weight is 312 g/mol. The van der Waals surface area contributed by atoms with Gasteiger partial charge in [0.2, 0.25) is 5.91 Å². The van der Waals surface area contributed by atoms with E-state index in [0.717, 1.165) is 11.1 Å². The van der Waals surface area contributed by atoms with Crippen LogP contribution < -0.4 is 5.32 Å². The van der Waals surface area contributed by atoms with Crippen LogP contribution in [0.3, 0.4) is 0 Å². The Hall–Kier alpha value is -2.69. The van der Waals surface area contributed by atoms with E-state index in [1.807, 2.05) is 32.9 Å². The minimum atomic E-state index is -0.462. The normalized spacial score (nSPS) is 11.8. The number of amides is 1. The van der Waals surface area contributed by atoms with E-state index in [2.05, 4.69) is 11.4 Å². The molecule has 0 aromatic heterocycles. The van der Waals surface area contributed by atoms with Crippen LogP contribution in [0.2, 0.25) is 0 Å². The fourth-order valence-electron chi connectivity index (χ4n) is 2.69. The van der Waals surface area contributed by atoms with Gasteiger partial charge in [0.05, 0.1) is 17.4 Å². The molecule has 5 heteroatoms. The van der Waals surface area contributed by atoms with Crippen molar-refractivity contribution in [3.8, 4) is 0 Å². The van der Waals surface area contributed by atoms with Gasteiger partial charge in [-0.05, 0) is 31.9 Å². The monoisotopic (exact) mass is 312 g/mol. The van der Waals surface area contributed by atoms with Gasteiger partial charge in [0.1, 0.15) is 0 Å². The van der Waals surface area contributed by atoms with Crippen LogP contribution in [0, 0.1) is 24.0 Å². The molecule has 0 fully saturated rings. The minimum Gasteiger partial charge on any atom is -0.349 e. The van der Waals surface area contributed by atoms with Gasteiger partial charge in [-0.15, -0.1) is 0 Å². The fraction of sp³-hybridized carbons (Fsp3) is 0.278. The second-order valence-electron chi connectivity index (χ2n) is 5.71. The van der Waals surface area contributed by atoms with Crippen molar-refractivity contribution < 1.29 is 9.72 Å². The second-order valence-corrected chi connectivity index (χ2v) is 5.71. The molecule has 0 unspecified atom stereocenters. The highest BCUT2D eigenvalue weighted by Gasteiger charge is 2.17. The molecule has 0 aliphatic rings. The fourth-order valence-corrected chi connectivity index (χ4v) is 2.69. The molecule has 0 spiro atoms. The van der Waals surface area contributed by atoms with Crippen LogP contribution in [-0.4, -0.2) is 10.8 Å². The lowest BCUT2D eigenvalue weighted by molar-refractivity contribution is -0.385. The first kappa shape index (κ1) is 16.7. The minimum absolute atomic E-state index is 0.00754. The van der Waals surface area contributed by atoms with E-state index in [4.69, 9.17) is 0 Å². The molecule has 5 nitrogen and oxygen atoms in total. The van der Waals surface area contributed by atoms with Crippen molar-refractivity contribution in [3.05, 3.63) is 74.8 Å². The van der Waals surface area contributed by atoms with Crippen LogP contribution in [0.25, 0.3) is 0 Å². The number of rotatable bonds is 5. The van der Waals surface area contributed by atoms with Crippen molar-refractivity contribution >= 4 is 11.6 Å². The Morgan fingerprint density at radius 1 is 1.22 bits per heavy atom. The van der Waals surface area contributed by atoms with Gasteiger partial charge in [-0.3, -0.25) is 14.9 Å². The Balaban J connectivity index is 2.09. The van der Waals surface area contributed by atoms with Crippen LogP contribution in [0.1, 0.15) is 35.2 Å². The van der Waals surface area contributed by atoms with E-state index in [1.54, 1.807) is 18.2 Å². The molecule has 0 aliphatic carbocycles.